The third-order valence-electron chi connectivity index (χ3n) is 8.13. The predicted octanol–water partition coefficient (Wildman–Crippen LogP) is 7.08. The average Bonchev–Trinajstić information content (AvgIpc) is 3.30. The van der Waals surface area contributed by atoms with Crippen molar-refractivity contribution in [2.24, 2.45) is 5.92 Å². The van der Waals surface area contributed by atoms with Crippen LogP contribution in [0, 0.1) is 12.8 Å². The van der Waals surface area contributed by atoms with Gasteiger partial charge in [0.2, 0.25) is 11.1 Å². The van der Waals surface area contributed by atoms with Crippen molar-refractivity contribution in [3.63, 3.8) is 0 Å². The first kappa shape index (κ1) is 27.5. The number of carbonyl (C=O) groups is 1. The van der Waals surface area contributed by atoms with Crippen molar-refractivity contribution in [3.05, 3.63) is 95.6 Å². The van der Waals surface area contributed by atoms with Gasteiger partial charge in [0.25, 0.3) is 0 Å². The molecule has 6 rings (SSSR count). The third kappa shape index (κ3) is 6.62. The second kappa shape index (κ2) is 12.9. The van der Waals surface area contributed by atoms with Crippen LogP contribution in [0.5, 0.6) is 0 Å². The highest BCUT2D eigenvalue weighted by atomic mass is 32.2. The summed E-state index contributed by atoms with van der Waals surface area (Å²) in [6.45, 7) is 4.64. The maximum absolute atomic E-state index is 12.8. The Morgan fingerprint density at radius 3 is 2.51 bits per heavy atom. The number of fused-ring (bicyclic) bond motifs is 3. The van der Waals surface area contributed by atoms with E-state index in [1.165, 1.54) is 16.7 Å². The molecular weight excluding hydrogens is 526 g/mol. The van der Waals surface area contributed by atoms with E-state index < -0.39 is 0 Å². The minimum absolute atomic E-state index is 0.299. The second-order valence-corrected chi connectivity index (χ2v) is 12.2. The van der Waals surface area contributed by atoms with Crippen molar-refractivity contribution in [1.82, 2.24) is 24.6 Å². The molecular formula is C34H37N5OS. The van der Waals surface area contributed by atoms with Crippen LogP contribution in [0.3, 0.4) is 0 Å². The van der Waals surface area contributed by atoms with Gasteiger partial charge in [0.05, 0.1) is 5.52 Å². The number of para-hydroxylation sites is 1. The summed E-state index contributed by atoms with van der Waals surface area (Å²) in [5.74, 6) is 1.85. The van der Waals surface area contributed by atoms with Gasteiger partial charge in [-0.2, -0.15) is 0 Å². The summed E-state index contributed by atoms with van der Waals surface area (Å²) >= 11 is 1.63. The van der Waals surface area contributed by atoms with Crippen LogP contribution in [0.1, 0.15) is 48.8 Å². The fourth-order valence-corrected chi connectivity index (χ4v) is 6.72. The highest BCUT2D eigenvalue weighted by Gasteiger charge is 2.22. The van der Waals surface area contributed by atoms with E-state index in [1.807, 2.05) is 6.07 Å². The lowest BCUT2D eigenvalue weighted by molar-refractivity contribution is -0.132. The number of hydrogen-bond donors (Lipinski definition) is 0. The van der Waals surface area contributed by atoms with Crippen molar-refractivity contribution < 1.29 is 4.79 Å². The Kier molecular flexibility index (Phi) is 8.61. The molecule has 0 aliphatic carbocycles. The molecule has 5 aromatic rings. The minimum atomic E-state index is 0.299. The lowest BCUT2D eigenvalue weighted by Gasteiger charge is -2.32. The van der Waals surface area contributed by atoms with E-state index in [9.17, 15) is 4.79 Å². The smallest absolute Gasteiger partial charge is 0.222 e. The standard InChI is InChI=1S/C34H37N5OS/c1-25-10-9-13-28(22-25)24-39-30-15-6-5-14-29(30)32-33(39)35-34(37-36-32)41-21-8-7-16-31(40)38-19-17-27(18-20-38)23-26-11-3-2-4-12-26/h2-6,9-15,22,27H,7-8,16-21,23-24H2,1H3. The largest absolute Gasteiger partial charge is 0.343 e. The summed E-state index contributed by atoms with van der Waals surface area (Å²) in [6.07, 6.45) is 5.78. The number of unbranched alkanes of at least 4 members (excludes halogenated alkanes) is 1. The van der Waals surface area contributed by atoms with E-state index in [0.717, 1.165) is 79.6 Å². The number of carbonyl (C=O) groups excluding carboxylic acids is 1. The molecule has 2 aromatic heterocycles. The Morgan fingerprint density at radius 1 is 0.902 bits per heavy atom. The lowest BCUT2D eigenvalue weighted by Crippen LogP contribution is -2.38. The molecule has 0 atom stereocenters. The number of hydrogen-bond acceptors (Lipinski definition) is 5. The van der Waals surface area contributed by atoms with E-state index in [0.29, 0.717) is 23.4 Å². The number of rotatable bonds is 10. The maximum Gasteiger partial charge on any atom is 0.222 e. The molecule has 1 aliphatic heterocycles. The summed E-state index contributed by atoms with van der Waals surface area (Å²) in [5, 5.41) is 10.8. The molecule has 0 unspecified atom stereocenters. The molecule has 1 fully saturated rings. The third-order valence-corrected chi connectivity index (χ3v) is 9.05. The van der Waals surface area contributed by atoms with Crippen LogP contribution < -0.4 is 0 Å². The van der Waals surface area contributed by atoms with Gasteiger partial charge in [-0.25, -0.2) is 4.98 Å². The topological polar surface area (TPSA) is 63.9 Å². The normalized spacial score (nSPS) is 14.2. The van der Waals surface area contributed by atoms with Crippen LogP contribution in [-0.2, 0) is 17.8 Å². The Hall–Kier alpha value is -3.71. The van der Waals surface area contributed by atoms with Crippen LogP contribution >= 0.6 is 11.8 Å². The van der Waals surface area contributed by atoms with Crippen molar-refractivity contribution in [2.45, 2.75) is 57.1 Å². The highest BCUT2D eigenvalue weighted by Crippen LogP contribution is 2.28. The fraction of sp³-hybridized carbons (Fsp3) is 0.353. The lowest BCUT2D eigenvalue weighted by atomic mass is 9.90. The van der Waals surface area contributed by atoms with Crippen LogP contribution in [0.4, 0.5) is 0 Å². The average molecular weight is 564 g/mol. The van der Waals surface area contributed by atoms with Gasteiger partial charge in [0.15, 0.2) is 5.65 Å². The number of nitrogens with zero attached hydrogens (tertiary/aromatic N) is 5. The minimum Gasteiger partial charge on any atom is -0.343 e. The fourth-order valence-electron chi connectivity index (χ4n) is 5.94. The molecule has 41 heavy (non-hydrogen) atoms. The van der Waals surface area contributed by atoms with Gasteiger partial charge in [0.1, 0.15) is 5.52 Å². The molecule has 3 heterocycles. The molecule has 0 spiro atoms. The van der Waals surface area contributed by atoms with Crippen LogP contribution in [0.15, 0.2) is 84.0 Å². The van der Waals surface area contributed by atoms with Gasteiger partial charge in [-0.05, 0) is 62.1 Å². The second-order valence-electron chi connectivity index (χ2n) is 11.2. The van der Waals surface area contributed by atoms with Gasteiger partial charge in [-0.3, -0.25) is 4.79 Å². The molecule has 1 amide bonds. The Labute approximate surface area is 246 Å². The van der Waals surface area contributed by atoms with Crippen molar-refractivity contribution in [1.29, 1.82) is 0 Å². The van der Waals surface area contributed by atoms with Gasteiger partial charge < -0.3 is 9.47 Å². The summed E-state index contributed by atoms with van der Waals surface area (Å²) in [5.41, 5.74) is 6.73. The van der Waals surface area contributed by atoms with Crippen LogP contribution in [-0.4, -0.2) is 49.4 Å². The Bertz CT molecular complexity index is 1620. The van der Waals surface area contributed by atoms with Gasteiger partial charge in [-0.1, -0.05) is 90.1 Å². The number of thioether (sulfide) groups is 1. The highest BCUT2D eigenvalue weighted by molar-refractivity contribution is 7.99. The van der Waals surface area contributed by atoms with Gasteiger partial charge >= 0.3 is 0 Å². The molecule has 0 N–H and O–H groups in total. The monoisotopic (exact) mass is 563 g/mol. The number of aromatic nitrogens is 4. The molecule has 7 heteroatoms. The quantitative estimate of drug-likeness (QED) is 0.134. The number of benzene rings is 3. The Balaban J connectivity index is 1.01. The van der Waals surface area contributed by atoms with E-state index in [1.54, 1.807) is 11.8 Å². The van der Waals surface area contributed by atoms with Crippen molar-refractivity contribution in [3.8, 4) is 0 Å². The molecule has 0 radical (unpaired) electrons. The number of likely N-dealkylation sites (tertiary alicyclic amines) is 1. The van der Waals surface area contributed by atoms with Gasteiger partial charge in [0, 0.05) is 37.2 Å². The SMILES string of the molecule is Cc1cccc(Cn2c3ccccc3c3nnc(SCCCCC(=O)N4CCC(Cc5ccccc5)CC4)nc32)c1. The van der Waals surface area contributed by atoms with Crippen LogP contribution in [0.25, 0.3) is 22.1 Å². The molecule has 1 saturated heterocycles. The first-order valence-corrected chi connectivity index (χ1v) is 15.7. The zero-order valence-corrected chi connectivity index (χ0v) is 24.5. The van der Waals surface area contributed by atoms with Gasteiger partial charge in [-0.15, -0.1) is 10.2 Å². The summed E-state index contributed by atoms with van der Waals surface area (Å²) in [4.78, 5) is 19.8. The van der Waals surface area contributed by atoms with E-state index in [2.05, 4.69) is 99.4 Å². The van der Waals surface area contributed by atoms with Crippen molar-refractivity contribution >= 4 is 39.7 Å². The summed E-state index contributed by atoms with van der Waals surface area (Å²) in [6, 6.07) is 27.6. The summed E-state index contributed by atoms with van der Waals surface area (Å²) < 4.78 is 2.25. The summed E-state index contributed by atoms with van der Waals surface area (Å²) in [7, 11) is 0. The first-order valence-electron chi connectivity index (χ1n) is 14.8. The molecule has 3 aromatic carbocycles. The van der Waals surface area contributed by atoms with E-state index >= 15 is 0 Å². The number of piperidine rings is 1. The molecule has 1 aliphatic rings. The van der Waals surface area contributed by atoms with E-state index in [-0.39, 0.29) is 0 Å². The Morgan fingerprint density at radius 2 is 1.68 bits per heavy atom. The first-order chi connectivity index (χ1) is 20.1. The number of aryl methyl sites for hydroxylation is 1. The molecule has 0 saturated carbocycles. The molecule has 210 valence electrons. The van der Waals surface area contributed by atoms with E-state index in [4.69, 9.17) is 4.98 Å². The van der Waals surface area contributed by atoms with Crippen LogP contribution in [0.2, 0.25) is 0 Å². The molecule has 6 nitrogen and oxygen atoms in total. The maximum atomic E-state index is 12.8. The zero-order valence-electron chi connectivity index (χ0n) is 23.7. The zero-order chi connectivity index (χ0) is 28.0. The van der Waals surface area contributed by atoms with Crippen molar-refractivity contribution in [2.75, 3.05) is 18.8 Å². The molecule has 0 bridgehead atoms. The number of amides is 1. The predicted molar refractivity (Wildman–Crippen MR) is 167 cm³/mol.